The van der Waals surface area contributed by atoms with E-state index in [4.69, 9.17) is 9.47 Å². The normalized spacial score (nSPS) is 14.2. The van der Waals surface area contributed by atoms with Crippen LogP contribution in [-0.2, 0) is 14.3 Å². The summed E-state index contributed by atoms with van der Waals surface area (Å²) in [4.78, 5) is 50.6. The zero-order chi connectivity index (χ0) is 34.5. The molecule has 4 rings (SSSR count). The van der Waals surface area contributed by atoms with Gasteiger partial charge in [0.05, 0.1) is 36.4 Å². The monoisotopic (exact) mass is 659 g/mol. The van der Waals surface area contributed by atoms with Crippen LogP contribution in [0.2, 0.25) is 0 Å². The third kappa shape index (κ3) is 9.45. The van der Waals surface area contributed by atoms with Crippen molar-refractivity contribution in [2.24, 2.45) is 0 Å². The van der Waals surface area contributed by atoms with E-state index in [-0.39, 0.29) is 18.4 Å². The van der Waals surface area contributed by atoms with E-state index in [0.717, 1.165) is 12.8 Å². The Kier molecular flexibility index (Phi) is 13.1. The first-order chi connectivity index (χ1) is 23.2. The molecule has 14 nitrogen and oxygen atoms in total. The third-order valence-electron chi connectivity index (χ3n) is 7.44. The maximum absolute atomic E-state index is 12.8. The Morgan fingerprint density at radius 2 is 2.02 bits per heavy atom. The van der Waals surface area contributed by atoms with Crippen LogP contribution in [0.15, 0.2) is 36.5 Å². The molecule has 1 fully saturated rings. The lowest BCUT2D eigenvalue weighted by Crippen LogP contribution is -2.45. The standard InChI is InChI=1S/C34H45N9O5/c1-6-18-35-30-24(13-9-8-10-19-36-31(45)27-14-11-21-42(27)29(44)15-12-20-41(3)4)23-37-33(39-30)38-25-16-17-26-28(22-25)43(34(46)48-7-2)40-32(26)47-5/h12,15-17,22-23,27H,6-8,10-11,14,18-21H2,1-5H3,(H,36,45)(H2,35,37,38,39)/b15-12+/t27-/m0/s1. The molecule has 0 unspecified atom stereocenters. The van der Waals surface area contributed by atoms with Gasteiger partial charge in [0.2, 0.25) is 23.6 Å². The van der Waals surface area contributed by atoms with Crippen molar-refractivity contribution in [1.82, 2.24) is 34.9 Å². The van der Waals surface area contributed by atoms with Crippen LogP contribution in [0.1, 0.15) is 51.5 Å². The van der Waals surface area contributed by atoms with E-state index in [9.17, 15) is 14.4 Å². The summed E-state index contributed by atoms with van der Waals surface area (Å²) < 4.78 is 11.6. The molecular formula is C34H45N9O5. The minimum absolute atomic E-state index is 0.124. The van der Waals surface area contributed by atoms with Gasteiger partial charge in [-0.25, -0.2) is 9.78 Å². The van der Waals surface area contributed by atoms with Gasteiger partial charge in [-0.15, -0.1) is 5.10 Å². The van der Waals surface area contributed by atoms with Gasteiger partial charge in [0.25, 0.3) is 0 Å². The molecule has 48 heavy (non-hydrogen) atoms. The fourth-order valence-corrected chi connectivity index (χ4v) is 5.11. The van der Waals surface area contributed by atoms with Gasteiger partial charge >= 0.3 is 6.09 Å². The van der Waals surface area contributed by atoms with Crippen LogP contribution in [0.5, 0.6) is 5.88 Å². The molecule has 256 valence electrons. The summed E-state index contributed by atoms with van der Waals surface area (Å²) in [5, 5.41) is 14.4. The van der Waals surface area contributed by atoms with Crippen LogP contribution in [0, 0.1) is 11.8 Å². The number of anilines is 3. The number of methoxy groups -OCH3 is 1. The van der Waals surface area contributed by atoms with E-state index in [0.29, 0.717) is 85.2 Å². The Morgan fingerprint density at radius 3 is 2.77 bits per heavy atom. The van der Waals surface area contributed by atoms with Gasteiger partial charge in [-0.05, 0) is 64.9 Å². The smallest absolute Gasteiger partial charge is 0.435 e. The average molecular weight is 660 g/mol. The second-order valence-electron chi connectivity index (χ2n) is 11.4. The van der Waals surface area contributed by atoms with Crippen LogP contribution in [0.25, 0.3) is 10.9 Å². The molecule has 0 radical (unpaired) electrons. The maximum atomic E-state index is 12.8. The van der Waals surface area contributed by atoms with Crippen molar-refractivity contribution >= 4 is 46.3 Å². The minimum Gasteiger partial charge on any atom is -0.479 e. The molecule has 2 aromatic heterocycles. The van der Waals surface area contributed by atoms with Gasteiger partial charge in [-0.1, -0.05) is 24.8 Å². The maximum Gasteiger partial charge on any atom is 0.435 e. The number of fused-ring (bicyclic) bond motifs is 1. The van der Waals surface area contributed by atoms with Gasteiger partial charge in [0.1, 0.15) is 11.9 Å². The van der Waals surface area contributed by atoms with Gasteiger partial charge in [-0.2, -0.15) is 9.67 Å². The van der Waals surface area contributed by atoms with E-state index in [1.54, 1.807) is 36.2 Å². The number of carbonyl (C=O) groups excluding carboxylic acids is 3. The van der Waals surface area contributed by atoms with E-state index in [1.165, 1.54) is 11.8 Å². The van der Waals surface area contributed by atoms with Crippen molar-refractivity contribution in [3.05, 3.63) is 42.1 Å². The predicted molar refractivity (Wildman–Crippen MR) is 184 cm³/mol. The van der Waals surface area contributed by atoms with E-state index < -0.39 is 12.1 Å². The summed E-state index contributed by atoms with van der Waals surface area (Å²) in [5.41, 5.74) is 1.81. The number of unbranched alkanes of at least 4 members (excludes halogenated alkanes) is 1. The van der Waals surface area contributed by atoms with Crippen LogP contribution in [0.3, 0.4) is 0 Å². The van der Waals surface area contributed by atoms with Gasteiger partial charge < -0.3 is 35.2 Å². The SMILES string of the molecule is CCCNc1nc(Nc2ccc3c(OC)nn(C(=O)OCC)c3c2)ncc1C#CCCCNC(=O)[C@@H]1CCCN1C(=O)/C=C/CN(C)C. The number of amides is 2. The third-order valence-corrected chi connectivity index (χ3v) is 7.44. The molecule has 0 aliphatic carbocycles. The Labute approximate surface area is 281 Å². The number of nitrogens with one attached hydrogen (secondary N) is 3. The Balaban J connectivity index is 1.35. The number of likely N-dealkylation sites (N-methyl/N-ethyl adjacent to an activating group) is 1. The number of benzene rings is 1. The number of likely N-dealkylation sites (tertiary alicyclic amines) is 1. The molecule has 1 aromatic carbocycles. The highest BCUT2D eigenvalue weighted by molar-refractivity contribution is 5.94. The lowest BCUT2D eigenvalue weighted by molar-refractivity contribution is -0.135. The molecule has 3 aromatic rings. The minimum atomic E-state index is -0.605. The highest BCUT2D eigenvalue weighted by atomic mass is 16.6. The lowest BCUT2D eigenvalue weighted by Gasteiger charge is -2.22. The number of hydrogen-bond donors (Lipinski definition) is 3. The van der Waals surface area contributed by atoms with Crippen molar-refractivity contribution in [1.29, 1.82) is 0 Å². The zero-order valence-corrected chi connectivity index (χ0v) is 28.3. The number of hydrogen-bond acceptors (Lipinski definition) is 11. The molecule has 14 heteroatoms. The van der Waals surface area contributed by atoms with E-state index in [1.807, 2.05) is 31.1 Å². The number of carbonyl (C=O) groups is 3. The first-order valence-corrected chi connectivity index (χ1v) is 16.3. The van der Waals surface area contributed by atoms with Gasteiger partial charge in [0.15, 0.2) is 0 Å². The Bertz CT molecular complexity index is 1670. The van der Waals surface area contributed by atoms with Crippen LogP contribution in [-0.4, -0.2) is 107 Å². The quantitative estimate of drug-likeness (QED) is 0.132. The molecule has 1 aliphatic heterocycles. The summed E-state index contributed by atoms with van der Waals surface area (Å²) >= 11 is 0. The average Bonchev–Trinajstić information content (AvgIpc) is 3.71. The number of aromatic nitrogens is 4. The molecule has 3 heterocycles. The zero-order valence-electron chi connectivity index (χ0n) is 28.3. The highest BCUT2D eigenvalue weighted by Crippen LogP contribution is 2.29. The van der Waals surface area contributed by atoms with Crippen molar-refractivity contribution in [2.45, 2.75) is 52.0 Å². The van der Waals surface area contributed by atoms with Gasteiger partial charge in [-0.3, -0.25) is 9.59 Å². The second kappa shape index (κ2) is 17.7. The molecule has 0 saturated carbocycles. The van der Waals surface area contributed by atoms with E-state index >= 15 is 0 Å². The second-order valence-corrected chi connectivity index (χ2v) is 11.4. The van der Waals surface area contributed by atoms with Crippen molar-refractivity contribution < 1.29 is 23.9 Å². The Hall–Kier alpha value is -5.16. The molecule has 1 atom stereocenters. The predicted octanol–water partition coefficient (Wildman–Crippen LogP) is 3.76. The van der Waals surface area contributed by atoms with Gasteiger partial charge in [0, 0.05) is 44.4 Å². The van der Waals surface area contributed by atoms with Crippen LogP contribution >= 0.6 is 0 Å². The summed E-state index contributed by atoms with van der Waals surface area (Å²) in [6.45, 7) is 6.43. The summed E-state index contributed by atoms with van der Waals surface area (Å²) in [6.07, 6.45) is 8.02. The first-order valence-electron chi connectivity index (χ1n) is 16.3. The number of nitrogens with zero attached hydrogens (tertiary/aromatic N) is 6. The number of ether oxygens (including phenoxy) is 2. The Morgan fingerprint density at radius 1 is 1.19 bits per heavy atom. The molecule has 3 N–H and O–H groups in total. The highest BCUT2D eigenvalue weighted by Gasteiger charge is 2.32. The number of rotatable bonds is 14. The molecule has 1 aliphatic rings. The van der Waals surface area contributed by atoms with E-state index in [2.05, 4.69) is 49.8 Å². The molecular weight excluding hydrogens is 614 g/mol. The fraction of sp³-hybridized carbons (Fsp3) is 0.471. The molecule has 0 bridgehead atoms. The lowest BCUT2D eigenvalue weighted by atomic mass is 10.2. The molecule has 1 saturated heterocycles. The topological polar surface area (TPSA) is 156 Å². The molecule has 2 amide bonds. The van der Waals surface area contributed by atoms with Crippen molar-refractivity contribution in [2.75, 3.05) is 64.6 Å². The summed E-state index contributed by atoms with van der Waals surface area (Å²) in [7, 11) is 5.36. The largest absolute Gasteiger partial charge is 0.479 e. The fourth-order valence-electron chi connectivity index (χ4n) is 5.11. The summed E-state index contributed by atoms with van der Waals surface area (Å²) in [5.74, 6) is 7.32. The molecule has 0 spiro atoms. The van der Waals surface area contributed by atoms with Crippen molar-refractivity contribution in [3.63, 3.8) is 0 Å². The van der Waals surface area contributed by atoms with Crippen molar-refractivity contribution in [3.8, 4) is 17.7 Å². The first kappa shape index (κ1) is 35.7. The van der Waals surface area contributed by atoms with Crippen LogP contribution < -0.4 is 20.7 Å². The summed E-state index contributed by atoms with van der Waals surface area (Å²) in [6, 6.07) is 4.94. The van der Waals surface area contributed by atoms with Crippen LogP contribution in [0.4, 0.5) is 22.2 Å².